The van der Waals surface area contributed by atoms with Crippen molar-refractivity contribution in [2.45, 2.75) is 11.3 Å². The Morgan fingerprint density at radius 3 is 2.08 bits per heavy atom. The Morgan fingerprint density at radius 1 is 0.920 bits per heavy atom. The van der Waals surface area contributed by atoms with Crippen molar-refractivity contribution in [3.8, 4) is 0 Å². The summed E-state index contributed by atoms with van der Waals surface area (Å²) in [6.07, 6.45) is -0.110. The van der Waals surface area contributed by atoms with Gasteiger partial charge in [-0.15, -0.1) is 0 Å². The Balaban J connectivity index is 2.04. The van der Waals surface area contributed by atoms with E-state index >= 15 is 0 Å². The maximum atomic E-state index is 13.6. The molecule has 25 heavy (non-hydrogen) atoms. The van der Waals surface area contributed by atoms with Crippen molar-refractivity contribution >= 4 is 27.3 Å². The van der Waals surface area contributed by atoms with Crippen LogP contribution in [-0.4, -0.2) is 14.3 Å². The van der Waals surface area contributed by atoms with Gasteiger partial charge < -0.3 is 5.32 Å². The molecule has 1 amide bonds. The van der Waals surface area contributed by atoms with Gasteiger partial charge in [0, 0.05) is 5.69 Å². The van der Waals surface area contributed by atoms with Crippen LogP contribution in [0.3, 0.4) is 0 Å². The number of fused-ring (bicyclic) bond motifs is 1. The van der Waals surface area contributed by atoms with Crippen molar-refractivity contribution in [1.29, 1.82) is 0 Å². The fourth-order valence-corrected chi connectivity index (χ4v) is 3.37. The lowest BCUT2D eigenvalue weighted by Crippen LogP contribution is -2.17. The average Bonchev–Trinajstić information content (AvgIpc) is 2.94. The van der Waals surface area contributed by atoms with Crippen LogP contribution in [0, 0.1) is 29.1 Å². The molecule has 0 radical (unpaired) electrons. The number of anilines is 2. The minimum absolute atomic E-state index is 0.110. The first-order chi connectivity index (χ1) is 11.6. The number of benzene rings is 2. The molecule has 0 aliphatic carbocycles. The zero-order valence-corrected chi connectivity index (χ0v) is 12.8. The Kier molecular flexibility index (Phi) is 3.90. The molecule has 2 aromatic rings. The molecule has 0 bridgehead atoms. The Morgan fingerprint density at radius 2 is 1.48 bits per heavy atom. The number of sulfonamides is 1. The second-order valence-corrected chi connectivity index (χ2v) is 6.78. The lowest BCUT2D eigenvalue weighted by atomic mass is 10.2. The van der Waals surface area contributed by atoms with Gasteiger partial charge in [-0.25, -0.2) is 30.4 Å². The van der Waals surface area contributed by atoms with Crippen molar-refractivity contribution in [1.82, 2.24) is 0 Å². The summed E-state index contributed by atoms with van der Waals surface area (Å²) in [5, 5.41) is 2.45. The van der Waals surface area contributed by atoms with Crippen molar-refractivity contribution in [2.75, 3.05) is 10.0 Å². The zero-order valence-electron chi connectivity index (χ0n) is 12.0. The van der Waals surface area contributed by atoms with E-state index in [0.29, 0.717) is 11.3 Å². The molecule has 132 valence electrons. The highest BCUT2D eigenvalue weighted by atomic mass is 32.2. The highest BCUT2D eigenvalue weighted by molar-refractivity contribution is 7.92. The number of hydrogen-bond acceptors (Lipinski definition) is 3. The third-order valence-corrected chi connectivity index (χ3v) is 4.81. The van der Waals surface area contributed by atoms with Crippen LogP contribution in [0.4, 0.5) is 33.3 Å². The number of carbonyl (C=O) groups excluding carboxylic acids is 1. The predicted molar refractivity (Wildman–Crippen MR) is 75.8 cm³/mol. The molecule has 0 aromatic heterocycles. The van der Waals surface area contributed by atoms with Crippen molar-refractivity contribution in [3.63, 3.8) is 0 Å². The van der Waals surface area contributed by atoms with E-state index in [0.717, 1.165) is 12.1 Å². The van der Waals surface area contributed by atoms with Gasteiger partial charge in [0.25, 0.3) is 10.0 Å². The van der Waals surface area contributed by atoms with E-state index in [1.54, 1.807) is 0 Å². The van der Waals surface area contributed by atoms with Gasteiger partial charge >= 0.3 is 0 Å². The summed E-state index contributed by atoms with van der Waals surface area (Å²) >= 11 is 0. The summed E-state index contributed by atoms with van der Waals surface area (Å²) in [5.41, 5.74) is -1.02. The molecule has 1 heterocycles. The second kappa shape index (κ2) is 5.69. The molecule has 3 rings (SSSR count). The van der Waals surface area contributed by atoms with E-state index < -0.39 is 49.7 Å². The molecule has 2 N–H and O–H groups in total. The largest absolute Gasteiger partial charge is 0.326 e. The molecule has 0 spiro atoms. The Labute approximate surface area is 137 Å². The Bertz CT molecular complexity index is 995. The van der Waals surface area contributed by atoms with Crippen LogP contribution < -0.4 is 10.0 Å². The molecule has 0 unspecified atom stereocenters. The highest BCUT2D eigenvalue weighted by Gasteiger charge is 2.29. The standard InChI is InChI=1S/C14H7F5N2O3S/c15-9-10(16)12(18)14(13(19)11(9)17)21-25(23,24)6-1-2-7-5(3-6)4-8(22)20-7/h1-3,21H,4H2,(H,20,22). The molecule has 0 fully saturated rings. The molecule has 0 atom stereocenters. The van der Waals surface area contributed by atoms with Crippen molar-refractivity contribution in [3.05, 3.63) is 52.8 Å². The first kappa shape index (κ1) is 17.1. The molecular formula is C14H7F5N2O3S. The van der Waals surface area contributed by atoms with Gasteiger partial charge in [0.05, 0.1) is 11.3 Å². The minimum Gasteiger partial charge on any atom is -0.326 e. The van der Waals surface area contributed by atoms with E-state index in [4.69, 9.17) is 0 Å². The number of carbonyl (C=O) groups is 1. The third-order valence-electron chi connectivity index (χ3n) is 3.46. The summed E-state index contributed by atoms with van der Waals surface area (Å²) in [6.45, 7) is 0. The maximum Gasteiger partial charge on any atom is 0.262 e. The second-order valence-electron chi connectivity index (χ2n) is 5.09. The zero-order chi connectivity index (χ0) is 18.5. The Hall–Kier alpha value is -2.69. The summed E-state index contributed by atoms with van der Waals surface area (Å²) in [5.74, 6) is -12.0. The van der Waals surface area contributed by atoms with Gasteiger partial charge in [0.2, 0.25) is 11.7 Å². The summed E-state index contributed by atoms with van der Waals surface area (Å²) in [7, 11) is -4.67. The number of nitrogens with one attached hydrogen (secondary N) is 2. The van der Waals surface area contributed by atoms with Crippen LogP contribution >= 0.6 is 0 Å². The fourth-order valence-electron chi connectivity index (χ4n) is 2.26. The predicted octanol–water partition coefficient (Wildman–Crippen LogP) is 2.68. The van der Waals surface area contributed by atoms with Gasteiger partial charge in [-0.1, -0.05) is 0 Å². The van der Waals surface area contributed by atoms with E-state index in [9.17, 15) is 35.2 Å². The van der Waals surface area contributed by atoms with Gasteiger partial charge in [0.15, 0.2) is 23.3 Å². The smallest absolute Gasteiger partial charge is 0.262 e. The SMILES string of the molecule is O=C1Cc2cc(S(=O)(=O)Nc3c(F)c(F)c(F)c(F)c3F)ccc2N1. The van der Waals surface area contributed by atoms with Crippen LogP contribution in [0.15, 0.2) is 23.1 Å². The van der Waals surface area contributed by atoms with Crippen LogP contribution in [0.25, 0.3) is 0 Å². The molecule has 1 aliphatic rings. The maximum absolute atomic E-state index is 13.6. The van der Waals surface area contributed by atoms with Crippen molar-refractivity contribution < 1.29 is 35.2 Å². The first-order valence-corrected chi connectivity index (χ1v) is 8.07. The van der Waals surface area contributed by atoms with Crippen molar-refractivity contribution in [2.24, 2.45) is 0 Å². The number of halogens is 5. The summed E-state index contributed by atoms with van der Waals surface area (Å²) in [6, 6.07) is 3.31. The highest BCUT2D eigenvalue weighted by Crippen LogP contribution is 2.30. The van der Waals surface area contributed by atoms with Gasteiger partial charge in [-0.3, -0.25) is 9.52 Å². The molecule has 5 nitrogen and oxygen atoms in total. The lowest BCUT2D eigenvalue weighted by Gasteiger charge is -2.12. The third kappa shape index (κ3) is 2.80. The molecular weight excluding hydrogens is 371 g/mol. The normalized spacial score (nSPS) is 13.6. The van der Waals surface area contributed by atoms with E-state index in [1.165, 1.54) is 10.8 Å². The van der Waals surface area contributed by atoms with Crippen LogP contribution in [0.5, 0.6) is 0 Å². The summed E-state index contributed by atoms with van der Waals surface area (Å²) in [4.78, 5) is 10.7. The molecule has 0 saturated carbocycles. The van der Waals surface area contributed by atoms with Gasteiger partial charge in [-0.2, -0.15) is 0 Å². The fraction of sp³-hybridized carbons (Fsp3) is 0.0714. The number of amides is 1. The van der Waals surface area contributed by atoms with Gasteiger partial charge in [-0.05, 0) is 23.8 Å². The number of rotatable bonds is 3. The topological polar surface area (TPSA) is 75.3 Å². The monoisotopic (exact) mass is 378 g/mol. The lowest BCUT2D eigenvalue weighted by molar-refractivity contribution is -0.115. The first-order valence-electron chi connectivity index (χ1n) is 6.59. The molecule has 2 aromatic carbocycles. The van der Waals surface area contributed by atoms with E-state index in [2.05, 4.69) is 5.32 Å². The van der Waals surface area contributed by atoms with E-state index in [1.807, 2.05) is 0 Å². The quantitative estimate of drug-likeness (QED) is 0.490. The van der Waals surface area contributed by atoms with Gasteiger partial charge in [0.1, 0.15) is 5.69 Å². The van der Waals surface area contributed by atoms with Crippen LogP contribution in [0.2, 0.25) is 0 Å². The average molecular weight is 378 g/mol. The van der Waals surface area contributed by atoms with E-state index in [-0.39, 0.29) is 12.3 Å². The number of hydrogen-bond donors (Lipinski definition) is 2. The molecule has 11 heteroatoms. The minimum atomic E-state index is -4.67. The van der Waals surface area contributed by atoms with Crippen LogP contribution in [0.1, 0.15) is 5.56 Å². The molecule has 0 saturated heterocycles. The van der Waals surface area contributed by atoms with Crippen LogP contribution in [-0.2, 0) is 21.2 Å². The summed E-state index contributed by atoms with van der Waals surface area (Å²) < 4.78 is 92.3. The molecule has 1 aliphatic heterocycles.